The van der Waals surface area contributed by atoms with E-state index < -0.39 is 35.0 Å². The Balaban J connectivity index is 2.01. The van der Waals surface area contributed by atoms with Crippen molar-refractivity contribution in [1.29, 1.82) is 0 Å². The number of pyridine rings is 1. The van der Waals surface area contributed by atoms with E-state index in [1.807, 2.05) is 0 Å². The summed E-state index contributed by atoms with van der Waals surface area (Å²) in [4.78, 5) is 7.90. The summed E-state index contributed by atoms with van der Waals surface area (Å²) in [6.45, 7) is 0. The van der Waals surface area contributed by atoms with E-state index in [1.165, 1.54) is 18.3 Å². The number of aromatic nitrogens is 2. The number of nitrogens with one attached hydrogen (secondary N) is 1. The third kappa shape index (κ3) is 6.07. The van der Waals surface area contributed by atoms with Crippen LogP contribution in [0.1, 0.15) is 28.1 Å². The highest BCUT2D eigenvalue weighted by molar-refractivity contribution is 9.11. The third-order valence-electron chi connectivity index (χ3n) is 5.37. The summed E-state index contributed by atoms with van der Waals surface area (Å²) in [6, 6.07) is 13.2. The average molecular weight is 625 g/mol. The number of thiazole rings is 1. The molecule has 0 aliphatic carbocycles. The van der Waals surface area contributed by atoms with E-state index in [2.05, 4.69) is 31.2 Å². The van der Waals surface area contributed by atoms with Crippen molar-refractivity contribution >= 4 is 44.0 Å². The van der Waals surface area contributed by atoms with Gasteiger partial charge < -0.3 is 5.32 Å². The zero-order valence-corrected chi connectivity index (χ0v) is 21.4. The maximum atomic E-state index is 14.6. The zero-order valence-electron chi connectivity index (χ0n) is 18.3. The smallest absolute Gasteiger partial charge is 0.346 e. The molecule has 0 spiro atoms. The van der Waals surface area contributed by atoms with Crippen LogP contribution in [0.4, 0.5) is 35.9 Å². The van der Waals surface area contributed by atoms with E-state index in [4.69, 9.17) is 11.6 Å². The molecule has 2 heterocycles. The molecule has 1 atom stereocenters. The van der Waals surface area contributed by atoms with Crippen LogP contribution in [-0.4, -0.2) is 9.97 Å². The van der Waals surface area contributed by atoms with Gasteiger partial charge in [-0.05, 0) is 57.4 Å². The SMILES string of the molecule is Fc1cc(C(F)(F)F)cc([C@@](Cc2ccccc2)(Nc2nc(C(F)(F)F)c(Br)s2)c2ccc(Cl)cn2)c1. The summed E-state index contributed by atoms with van der Waals surface area (Å²) in [5.74, 6) is -1.19. The van der Waals surface area contributed by atoms with E-state index >= 15 is 0 Å². The summed E-state index contributed by atoms with van der Waals surface area (Å²) in [6.07, 6.45) is -8.57. The van der Waals surface area contributed by atoms with Crippen molar-refractivity contribution in [2.45, 2.75) is 24.3 Å². The number of benzene rings is 2. The molecule has 3 nitrogen and oxygen atoms in total. The Morgan fingerprint density at radius 3 is 2.14 bits per heavy atom. The van der Waals surface area contributed by atoms with E-state index in [0.29, 0.717) is 23.0 Å². The molecule has 13 heteroatoms. The van der Waals surface area contributed by atoms with Gasteiger partial charge in [-0.2, -0.15) is 26.3 Å². The first-order valence-electron chi connectivity index (χ1n) is 10.3. The topological polar surface area (TPSA) is 37.8 Å². The fraction of sp³-hybridized carbons (Fsp3) is 0.167. The second-order valence-corrected chi connectivity index (χ2v) is 10.7. The number of hydrogen-bond donors (Lipinski definition) is 1. The average Bonchev–Trinajstić information content (AvgIpc) is 3.19. The van der Waals surface area contributed by atoms with Crippen LogP contribution in [0.2, 0.25) is 5.02 Å². The highest BCUT2D eigenvalue weighted by atomic mass is 79.9. The van der Waals surface area contributed by atoms with E-state index in [0.717, 1.165) is 12.1 Å². The Hall–Kier alpha value is -2.70. The monoisotopic (exact) mass is 623 g/mol. The molecule has 0 radical (unpaired) electrons. The van der Waals surface area contributed by atoms with Gasteiger partial charge in [0.05, 0.1) is 16.3 Å². The van der Waals surface area contributed by atoms with E-state index in [1.54, 1.807) is 30.3 Å². The maximum Gasteiger partial charge on any atom is 0.435 e. The molecule has 2 aromatic carbocycles. The summed E-state index contributed by atoms with van der Waals surface area (Å²) in [7, 11) is 0. The minimum absolute atomic E-state index is 0.0827. The lowest BCUT2D eigenvalue weighted by molar-refractivity contribution is -0.141. The molecule has 0 unspecified atom stereocenters. The second kappa shape index (κ2) is 10.2. The summed E-state index contributed by atoms with van der Waals surface area (Å²) in [5, 5.41) is 2.81. The Kier molecular flexibility index (Phi) is 7.55. The zero-order chi connectivity index (χ0) is 27.0. The molecule has 0 bridgehead atoms. The quantitative estimate of drug-likeness (QED) is 0.218. The molecular weight excluding hydrogens is 611 g/mol. The van der Waals surface area contributed by atoms with Crippen LogP contribution in [0.5, 0.6) is 0 Å². The molecule has 0 aliphatic rings. The van der Waals surface area contributed by atoms with Crippen LogP contribution in [0, 0.1) is 5.82 Å². The number of rotatable bonds is 6. The van der Waals surface area contributed by atoms with Crippen molar-refractivity contribution in [3.63, 3.8) is 0 Å². The predicted octanol–water partition coefficient (Wildman–Crippen LogP) is 8.73. The number of hydrogen-bond acceptors (Lipinski definition) is 4. The Morgan fingerprint density at radius 2 is 1.57 bits per heavy atom. The van der Waals surface area contributed by atoms with Crippen LogP contribution in [0.15, 0.2) is 70.6 Å². The fourth-order valence-corrected chi connectivity index (χ4v) is 5.44. The van der Waals surface area contributed by atoms with Gasteiger partial charge in [-0.25, -0.2) is 9.37 Å². The van der Waals surface area contributed by atoms with Gasteiger partial charge >= 0.3 is 12.4 Å². The van der Waals surface area contributed by atoms with Crippen LogP contribution in [-0.2, 0) is 24.3 Å². The van der Waals surface area contributed by atoms with Gasteiger partial charge in [0.15, 0.2) is 10.8 Å². The van der Waals surface area contributed by atoms with Gasteiger partial charge in [0.25, 0.3) is 0 Å². The summed E-state index contributed by atoms with van der Waals surface area (Å²) < 4.78 is 95.7. The first-order valence-corrected chi connectivity index (χ1v) is 12.3. The first kappa shape index (κ1) is 27.3. The molecule has 1 N–H and O–H groups in total. The molecule has 4 rings (SSSR count). The van der Waals surface area contributed by atoms with Crippen molar-refractivity contribution in [3.8, 4) is 0 Å². The van der Waals surface area contributed by atoms with Crippen LogP contribution in [0.25, 0.3) is 0 Å². The van der Waals surface area contributed by atoms with Crippen LogP contribution < -0.4 is 5.32 Å². The van der Waals surface area contributed by atoms with Crippen molar-refractivity contribution in [3.05, 3.63) is 110 Å². The molecule has 4 aromatic rings. The van der Waals surface area contributed by atoms with Gasteiger partial charge in [-0.15, -0.1) is 0 Å². The van der Waals surface area contributed by atoms with Crippen molar-refractivity contribution in [2.75, 3.05) is 5.32 Å². The predicted molar refractivity (Wildman–Crippen MR) is 130 cm³/mol. The summed E-state index contributed by atoms with van der Waals surface area (Å²) >= 11 is 9.42. The Labute approximate surface area is 223 Å². The lowest BCUT2D eigenvalue weighted by Crippen LogP contribution is -2.40. The number of anilines is 1. The standard InChI is InChI=1S/C24H14BrClF7N3S/c25-20-19(24(31,32)33)35-21(37-20)36-22(11-13-4-2-1-3-5-13,18-7-6-16(26)12-34-18)14-8-15(23(28,29)30)10-17(27)9-14/h1-10,12H,11H2,(H,35,36)/t22-/m1/s1. The Bertz CT molecular complexity index is 1390. The largest absolute Gasteiger partial charge is 0.435 e. The highest BCUT2D eigenvalue weighted by Crippen LogP contribution is 2.44. The number of nitrogens with zero attached hydrogens (tertiary/aromatic N) is 2. The van der Waals surface area contributed by atoms with Gasteiger partial charge in [0, 0.05) is 12.6 Å². The first-order chi connectivity index (χ1) is 17.3. The maximum absolute atomic E-state index is 14.6. The molecule has 0 saturated heterocycles. The van der Waals surface area contributed by atoms with Gasteiger partial charge in [-0.3, -0.25) is 4.98 Å². The van der Waals surface area contributed by atoms with Crippen molar-refractivity contribution < 1.29 is 30.7 Å². The molecule has 37 heavy (non-hydrogen) atoms. The number of alkyl halides is 6. The number of halogens is 9. The van der Waals surface area contributed by atoms with Crippen LogP contribution in [0.3, 0.4) is 0 Å². The third-order valence-corrected chi connectivity index (χ3v) is 7.21. The lowest BCUT2D eigenvalue weighted by atomic mass is 9.80. The van der Waals surface area contributed by atoms with Crippen molar-refractivity contribution in [1.82, 2.24) is 9.97 Å². The van der Waals surface area contributed by atoms with E-state index in [-0.39, 0.29) is 31.6 Å². The fourth-order valence-electron chi connectivity index (χ4n) is 3.76. The molecule has 0 aliphatic heterocycles. The lowest BCUT2D eigenvalue weighted by Gasteiger charge is -2.36. The molecule has 2 aromatic heterocycles. The summed E-state index contributed by atoms with van der Waals surface area (Å²) in [5.41, 5.74) is -3.83. The Morgan fingerprint density at radius 1 is 0.892 bits per heavy atom. The second-order valence-electron chi connectivity index (χ2n) is 7.92. The molecular formula is C24H14BrClF7N3S. The minimum atomic E-state index is -4.89. The minimum Gasteiger partial charge on any atom is -0.346 e. The molecule has 0 amide bonds. The van der Waals surface area contributed by atoms with Gasteiger partial charge in [0.1, 0.15) is 15.1 Å². The van der Waals surface area contributed by atoms with Crippen molar-refractivity contribution in [2.24, 2.45) is 0 Å². The molecule has 0 saturated carbocycles. The highest BCUT2D eigenvalue weighted by Gasteiger charge is 2.42. The van der Waals surface area contributed by atoms with Gasteiger partial charge in [-0.1, -0.05) is 53.3 Å². The normalized spacial score (nSPS) is 13.9. The van der Waals surface area contributed by atoms with E-state index in [9.17, 15) is 30.7 Å². The van der Waals surface area contributed by atoms with Gasteiger partial charge in [0.2, 0.25) is 0 Å². The van der Waals surface area contributed by atoms with Crippen LogP contribution >= 0.6 is 38.9 Å². The molecule has 194 valence electrons. The molecule has 0 fully saturated rings.